The SMILES string of the molecule is O=C1Nc2cc(Br)ccc2NC1=Cc1ccco1. The number of hydrogen-bond donors (Lipinski definition) is 2. The zero-order valence-electron chi connectivity index (χ0n) is 9.24. The van der Waals surface area contributed by atoms with E-state index in [1.165, 1.54) is 0 Å². The molecular weight excluding hydrogens is 296 g/mol. The molecule has 18 heavy (non-hydrogen) atoms. The van der Waals surface area contributed by atoms with E-state index in [4.69, 9.17) is 4.42 Å². The number of nitrogens with one attached hydrogen (secondary N) is 2. The molecule has 0 bridgehead atoms. The molecule has 1 aliphatic heterocycles. The smallest absolute Gasteiger partial charge is 0.272 e. The van der Waals surface area contributed by atoms with E-state index in [0.717, 1.165) is 15.8 Å². The van der Waals surface area contributed by atoms with Crippen LogP contribution in [0.5, 0.6) is 0 Å². The maximum Gasteiger partial charge on any atom is 0.272 e. The summed E-state index contributed by atoms with van der Waals surface area (Å²) < 4.78 is 6.11. The van der Waals surface area contributed by atoms with Crippen LogP contribution in [0.3, 0.4) is 0 Å². The van der Waals surface area contributed by atoms with Crippen LogP contribution in [0.1, 0.15) is 5.76 Å². The van der Waals surface area contributed by atoms with Gasteiger partial charge in [-0.1, -0.05) is 15.9 Å². The number of halogens is 1. The number of hydrogen-bond acceptors (Lipinski definition) is 3. The zero-order valence-corrected chi connectivity index (χ0v) is 10.8. The standard InChI is InChI=1S/C13H9BrN2O2/c14-8-3-4-10-11(6-8)16-13(17)12(15-10)7-9-2-1-5-18-9/h1-7,15H,(H,16,17). The highest BCUT2D eigenvalue weighted by molar-refractivity contribution is 9.10. The Labute approximate surface area is 112 Å². The molecule has 0 saturated carbocycles. The molecule has 2 N–H and O–H groups in total. The summed E-state index contributed by atoms with van der Waals surface area (Å²) >= 11 is 3.37. The minimum Gasteiger partial charge on any atom is -0.465 e. The molecule has 90 valence electrons. The Kier molecular flexibility index (Phi) is 2.68. The van der Waals surface area contributed by atoms with Gasteiger partial charge in [-0.2, -0.15) is 0 Å². The second-order valence-corrected chi connectivity index (χ2v) is 4.76. The summed E-state index contributed by atoms with van der Waals surface area (Å²) in [6.45, 7) is 0. The maximum absolute atomic E-state index is 11.9. The van der Waals surface area contributed by atoms with Crippen molar-refractivity contribution in [2.24, 2.45) is 0 Å². The Balaban J connectivity index is 1.97. The Hall–Kier alpha value is -2.01. The predicted octanol–water partition coefficient (Wildman–Crippen LogP) is 3.45. The Morgan fingerprint density at radius 1 is 1.17 bits per heavy atom. The number of amides is 1. The van der Waals surface area contributed by atoms with Gasteiger partial charge in [0.15, 0.2) is 0 Å². The lowest BCUT2D eigenvalue weighted by Crippen LogP contribution is -2.25. The summed E-state index contributed by atoms with van der Waals surface area (Å²) in [5, 5.41) is 5.90. The topological polar surface area (TPSA) is 54.3 Å². The molecular formula is C13H9BrN2O2. The normalized spacial score (nSPS) is 16.1. The molecule has 4 nitrogen and oxygen atoms in total. The zero-order chi connectivity index (χ0) is 12.5. The summed E-state index contributed by atoms with van der Waals surface area (Å²) in [6, 6.07) is 9.23. The Morgan fingerprint density at radius 3 is 2.83 bits per heavy atom. The first kappa shape index (κ1) is 11.1. The molecule has 0 radical (unpaired) electrons. The first-order chi connectivity index (χ1) is 8.72. The fourth-order valence-corrected chi connectivity index (χ4v) is 2.10. The van der Waals surface area contributed by atoms with Gasteiger partial charge >= 0.3 is 0 Å². The molecule has 5 heteroatoms. The maximum atomic E-state index is 11.9. The van der Waals surface area contributed by atoms with Gasteiger partial charge < -0.3 is 15.1 Å². The highest BCUT2D eigenvalue weighted by Gasteiger charge is 2.19. The molecule has 1 aromatic heterocycles. The second kappa shape index (κ2) is 4.34. The van der Waals surface area contributed by atoms with Crippen molar-refractivity contribution in [3.8, 4) is 0 Å². The minimum atomic E-state index is -0.183. The average Bonchev–Trinajstić information content (AvgIpc) is 2.83. The van der Waals surface area contributed by atoms with Crippen molar-refractivity contribution in [3.05, 3.63) is 52.5 Å². The molecule has 0 fully saturated rings. The molecule has 2 heterocycles. The first-order valence-corrected chi connectivity index (χ1v) is 6.15. The summed E-state index contributed by atoms with van der Waals surface area (Å²) in [6.07, 6.45) is 3.23. The molecule has 1 aliphatic rings. The number of furan rings is 1. The molecule has 1 amide bonds. The molecule has 1 aromatic carbocycles. The van der Waals surface area contributed by atoms with Crippen molar-refractivity contribution in [1.82, 2.24) is 0 Å². The van der Waals surface area contributed by atoms with Crippen molar-refractivity contribution in [2.75, 3.05) is 10.6 Å². The van der Waals surface area contributed by atoms with E-state index >= 15 is 0 Å². The third-order valence-electron chi connectivity index (χ3n) is 2.57. The molecule has 0 spiro atoms. The van der Waals surface area contributed by atoms with Crippen molar-refractivity contribution < 1.29 is 9.21 Å². The Bertz CT molecular complexity index is 632. The van der Waals surface area contributed by atoms with Crippen LogP contribution in [0.4, 0.5) is 11.4 Å². The van der Waals surface area contributed by atoms with E-state index in [1.807, 2.05) is 18.2 Å². The van der Waals surface area contributed by atoms with Gasteiger partial charge in [0.1, 0.15) is 11.5 Å². The van der Waals surface area contributed by atoms with E-state index in [1.54, 1.807) is 24.5 Å². The van der Waals surface area contributed by atoms with Crippen LogP contribution in [0, 0.1) is 0 Å². The lowest BCUT2D eigenvalue weighted by atomic mass is 10.2. The summed E-state index contributed by atoms with van der Waals surface area (Å²) in [7, 11) is 0. The second-order valence-electron chi connectivity index (χ2n) is 3.84. The number of anilines is 2. The highest BCUT2D eigenvalue weighted by Crippen LogP contribution is 2.31. The number of carbonyl (C=O) groups is 1. The first-order valence-electron chi connectivity index (χ1n) is 5.35. The quantitative estimate of drug-likeness (QED) is 0.793. The molecule has 3 rings (SSSR count). The fourth-order valence-electron chi connectivity index (χ4n) is 1.74. The predicted molar refractivity (Wildman–Crippen MR) is 73.1 cm³/mol. The van der Waals surface area contributed by atoms with Crippen LogP contribution < -0.4 is 10.6 Å². The lowest BCUT2D eigenvalue weighted by Gasteiger charge is -2.21. The Morgan fingerprint density at radius 2 is 2.06 bits per heavy atom. The van der Waals surface area contributed by atoms with Crippen LogP contribution in [0.25, 0.3) is 6.08 Å². The monoisotopic (exact) mass is 304 g/mol. The largest absolute Gasteiger partial charge is 0.465 e. The van der Waals surface area contributed by atoms with E-state index in [0.29, 0.717) is 11.5 Å². The number of rotatable bonds is 1. The van der Waals surface area contributed by atoms with E-state index in [2.05, 4.69) is 26.6 Å². The molecule has 0 aliphatic carbocycles. The molecule has 0 saturated heterocycles. The minimum absolute atomic E-state index is 0.183. The number of carbonyl (C=O) groups excluding carboxylic acids is 1. The number of fused-ring (bicyclic) bond motifs is 1. The van der Waals surface area contributed by atoms with Gasteiger partial charge in [-0.25, -0.2) is 0 Å². The molecule has 0 unspecified atom stereocenters. The van der Waals surface area contributed by atoms with E-state index in [9.17, 15) is 4.79 Å². The third kappa shape index (κ3) is 2.04. The van der Waals surface area contributed by atoms with Crippen molar-refractivity contribution in [3.63, 3.8) is 0 Å². The van der Waals surface area contributed by atoms with Crippen molar-refractivity contribution in [1.29, 1.82) is 0 Å². The van der Waals surface area contributed by atoms with Crippen molar-refractivity contribution >= 4 is 39.3 Å². The molecule has 2 aromatic rings. The van der Waals surface area contributed by atoms with Crippen LogP contribution in [0.15, 0.2) is 51.2 Å². The van der Waals surface area contributed by atoms with E-state index in [-0.39, 0.29) is 5.91 Å². The van der Waals surface area contributed by atoms with Crippen LogP contribution in [0.2, 0.25) is 0 Å². The lowest BCUT2D eigenvalue weighted by molar-refractivity contribution is -0.112. The summed E-state index contributed by atoms with van der Waals surface area (Å²) in [5.41, 5.74) is 2.07. The van der Waals surface area contributed by atoms with Gasteiger partial charge in [-0.3, -0.25) is 4.79 Å². The summed E-state index contributed by atoms with van der Waals surface area (Å²) in [5.74, 6) is 0.449. The highest BCUT2D eigenvalue weighted by atomic mass is 79.9. The van der Waals surface area contributed by atoms with Crippen LogP contribution in [-0.4, -0.2) is 5.91 Å². The van der Waals surface area contributed by atoms with Crippen LogP contribution in [-0.2, 0) is 4.79 Å². The van der Waals surface area contributed by atoms with Gasteiger partial charge in [0.05, 0.1) is 17.6 Å². The summed E-state index contributed by atoms with van der Waals surface area (Å²) in [4.78, 5) is 11.9. The van der Waals surface area contributed by atoms with Gasteiger partial charge in [-0.05, 0) is 30.3 Å². The van der Waals surface area contributed by atoms with Crippen LogP contribution >= 0.6 is 15.9 Å². The third-order valence-corrected chi connectivity index (χ3v) is 3.07. The van der Waals surface area contributed by atoms with E-state index < -0.39 is 0 Å². The van der Waals surface area contributed by atoms with Gasteiger partial charge in [0.2, 0.25) is 0 Å². The van der Waals surface area contributed by atoms with Gasteiger partial charge in [0.25, 0.3) is 5.91 Å². The average molecular weight is 305 g/mol. The number of benzene rings is 1. The fraction of sp³-hybridized carbons (Fsp3) is 0. The van der Waals surface area contributed by atoms with Crippen molar-refractivity contribution in [2.45, 2.75) is 0 Å². The van der Waals surface area contributed by atoms with Gasteiger partial charge in [0, 0.05) is 10.5 Å². The molecule has 0 atom stereocenters. The van der Waals surface area contributed by atoms with Gasteiger partial charge in [-0.15, -0.1) is 0 Å².